The number of rotatable bonds is 5. The third-order valence-corrected chi connectivity index (χ3v) is 2.92. The number of amides is 2. The van der Waals surface area contributed by atoms with Crippen LogP contribution in [0.15, 0.2) is 30.7 Å². The van der Waals surface area contributed by atoms with Gasteiger partial charge in [0.2, 0.25) is 5.95 Å². The van der Waals surface area contributed by atoms with Gasteiger partial charge in [0.1, 0.15) is 0 Å². The van der Waals surface area contributed by atoms with Crippen molar-refractivity contribution in [2.24, 2.45) is 0 Å². The number of hydrogen-bond donors (Lipinski definition) is 2. The molecular weight excluding hydrogens is 266 g/mol. The van der Waals surface area contributed by atoms with E-state index in [2.05, 4.69) is 32.5 Å². The van der Waals surface area contributed by atoms with Crippen molar-refractivity contribution in [2.45, 2.75) is 26.7 Å². The minimum absolute atomic E-state index is 0.282. The molecule has 110 valence electrons. The first kappa shape index (κ1) is 14.9. The number of carbonyl (C=O) groups excluding carboxylic acids is 1. The number of nitrogens with one attached hydrogen (secondary N) is 2. The normalized spacial score (nSPS) is 10.2. The maximum absolute atomic E-state index is 11.6. The van der Waals surface area contributed by atoms with Gasteiger partial charge in [0.15, 0.2) is 0 Å². The zero-order valence-electron chi connectivity index (χ0n) is 12.3. The number of aromatic nitrogens is 3. The van der Waals surface area contributed by atoms with Crippen molar-refractivity contribution in [1.29, 1.82) is 0 Å². The van der Waals surface area contributed by atoms with Crippen LogP contribution in [0.5, 0.6) is 0 Å². The molecule has 0 saturated heterocycles. The lowest BCUT2D eigenvalue weighted by Gasteiger charge is -2.06. The van der Waals surface area contributed by atoms with Crippen LogP contribution in [0.2, 0.25) is 0 Å². The van der Waals surface area contributed by atoms with Crippen molar-refractivity contribution in [3.63, 3.8) is 0 Å². The van der Waals surface area contributed by atoms with Gasteiger partial charge < -0.3 is 5.32 Å². The molecule has 6 heteroatoms. The summed E-state index contributed by atoms with van der Waals surface area (Å²) in [4.78, 5) is 24.0. The summed E-state index contributed by atoms with van der Waals surface area (Å²) in [7, 11) is 0. The molecule has 2 amide bonds. The van der Waals surface area contributed by atoms with Crippen LogP contribution in [0.3, 0.4) is 0 Å². The highest BCUT2D eigenvalue weighted by molar-refractivity contribution is 5.87. The summed E-state index contributed by atoms with van der Waals surface area (Å²) in [5, 5.41) is 5.35. The summed E-state index contributed by atoms with van der Waals surface area (Å²) < 4.78 is 0. The molecule has 2 heterocycles. The maximum atomic E-state index is 11.6. The lowest BCUT2D eigenvalue weighted by atomic mass is 10.1. The quantitative estimate of drug-likeness (QED) is 0.828. The molecular formula is C15H19N5O. The number of carbonyl (C=O) groups is 1. The highest BCUT2D eigenvalue weighted by Gasteiger charge is 2.04. The molecule has 0 spiro atoms. The van der Waals surface area contributed by atoms with Crippen LogP contribution < -0.4 is 10.6 Å². The van der Waals surface area contributed by atoms with Gasteiger partial charge in [0, 0.05) is 36.4 Å². The number of nitrogens with zero attached hydrogens (tertiary/aromatic N) is 3. The Morgan fingerprint density at radius 3 is 2.62 bits per heavy atom. The number of anilines is 1. The lowest BCUT2D eigenvalue weighted by Crippen LogP contribution is -2.30. The molecule has 2 N–H and O–H groups in total. The first-order valence-corrected chi connectivity index (χ1v) is 6.99. The summed E-state index contributed by atoms with van der Waals surface area (Å²) in [5.74, 6) is 0.290. The molecule has 0 aliphatic carbocycles. The first-order chi connectivity index (χ1) is 10.2. The number of pyridine rings is 1. The Morgan fingerprint density at radius 1 is 1.19 bits per heavy atom. The van der Waals surface area contributed by atoms with Crippen LogP contribution in [0.1, 0.15) is 25.5 Å². The Labute approximate surface area is 124 Å². The van der Waals surface area contributed by atoms with Crippen LogP contribution in [-0.2, 0) is 0 Å². The number of hydrogen-bond acceptors (Lipinski definition) is 4. The van der Waals surface area contributed by atoms with Crippen molar-refractivity contribution in [2.75, 3.05) is 11.9 Å². The Hall–Kier alpha value is -2.50. The van der Waals surface area contributed by atoms with E-state index in [0.717, 1.165) is 29.7 Å². The minimum Gasteiger partial charge on any atom is -0.338 e. The largest absolute Gasteiger partial charge is 0.338 e. The van der Waals surface area contributed by atoms with Crippen molar-refractivity contribution >= 4 is 12.0 Å². The fourth-order valence-corrected chi connectivity index (χ4v) is 1.79. The Morgan fingerprint density at radius 2 is 1.95 bits per heavy atom. The first-order valence-electron chi connectivity index (χ1n) is 6.99. The van der Waals surface area contributed by atoms with E-state index in [0.29, 0.717) is 12.5 Å². The van der Waals surface area contributed by atoms with Gasteiger partial charge in [-0.1, -0.05) is 13.3 Å². The van der Waals surface area contributed by atoms with Gasteiger partial charge in [-0.25, -0.2) is 14.8 Å². The highest BCUT2D eigenvalue weighted by Crippen LogP contribution is 2.17. The second kappa shape index (κ2) is 7.33. The van der Waals surface area contributed by atoms with Crippen molar-refractivity contribution in [3.05, 3.63) is 36.4 Å². The number of aryl methyl sites for hydroxylation is 1. The number of urea groups is 1. The van der Waals surface area contributed by atoms with Crippen molar-refractivity contribution in [3.8, 4) is 11.1 Å². The van der Waals surface area contributed by atoms with Crippen LogP contribution in [0.25, 0.3) is 11.1 Å². The van der Waals surface area contributed by atoms with Gasteiger partial charge in [-0.15, -0.1) is 0 Å². The average Bonchev–Trinajstić information content (AvgIpc) is 2.48. The van der Waals surface area contributed by atoms with Crippen molar-refractivity contribution in [1.82, 2.24) is 20.3 Å². The monoisotopic (exact) mass is 285 g/mol. The second-order valence-corrected chi connectivity index (χ2v) is 4.72. The van der Waals surface area contributed by atoms with Crippen LogP contribution in [0.4, 0.5) is 10.7 Å². The molecule has 2 aromatic rings. The van der Waals surface area contributed by atoms with E-state index in [9.17, 15) is 4.79 Å². The van der Waals surface area contributed by atoms with Gasteiger partial charge in [-0.2, -0.15) is 0 Å². The van der Waals surface area contributed by atoms with E-state index in [4.69, 9.17) is 0 Å². The van der Waals surface area contributed by atoms with Gasteiger partial charge in [0.25, 0.3) is 0 Å². The Balaban J connectivity index is 1.97. The van der Waals surface area contributed by atoms with E-state index in [1.54, 1.807) is 18.6 Å². The van der Waals surface area contributed by atoms with E-state index in [1.165, 1.54) is 0 Å². The topological polar surface area (TPSA) is 79.8 Å². The van der Waals surface area contributed by atoms with E-state index in [1.807, 2.05) is 19.1 Å². The molecule has 0 aliphatic heterocycles. The van der Waals surface area contributed by atoms with Gasteiger partial charge in [-0.3, -0.25) is 10.3 Å². The second-order valence-electron chi connectivity index (χ2n) is 4.72. The zero-order valence-corrected chi connectivity index (χ0v) is 12.3. The van der Waals surface area contributed by atoms with Gasteiger partial charge in [-0.05, 0) is 31.0 Å². The molecule has 2 aromatic heterocycles. The molecule has 6 nitrogen and oxygen atoms in total. The van der Waals surface area contributed by atoms with Crippen molar-refractivity contribution < 1.29 is 4.79 Å². The molecule has 0 unspecified atom stereocenters. The van der Waals surface area contributed by atoms with E-state index < -0.39 is 0 Å². The highest BCUT2D eigenvalue weighted by atomic mass is 16.2. The average molecular weight is 285 g/mol. The summed E-state index contributed by atoms with van der Waals surface area (Å²) >= 11 is 0. The SMILES string of the molecule is CCCCNC(=O)Nc1ncc(-c2ccnc(C)c2)cn1. The fourth-order valence-electron chi connectivity index (χ4n) is 1.79. The summed E-state index contributed by atoms with van der Waals surface area (Å²) in [6.07, 6.45) is 7.11. The predicted octanol–water partition coefficient (Wildman–Crippen LogP) is 2.77. The molecule has 0 atom stereocenters. The summed E-state index contributed by atoms with van der Waals surface area (Å²) in [6.45, 7) is 4.65. The summed E-state index contributed by atoms with van der Waals surface area (Å²) in [6, 6.07) is 3.58. The van der Waals surface area contributed by atoms with Crippen LogP contribution in [-0.4, -0.2) is 27.5 Å². The van der Waals surface area contributed by atoms with E-state index >= 15 is 0 Å². The molecule has 21 heavy (non-hydrogen) atoms. The predicted molar refractivity (Wildman–Crippen MR) is 81.9 cm³/mol. The van der Waals surface area contributed by atoms with Crippen LogP contribution >= 0.6 is 0 Å². The molecule has 0 aliphatic rings. The molecule has 0 fully saturated rings. The minimum atomic E-state index is -0.282. The third-order valence-electron chi connectivity index (χ3n) is 2.92. The fraction of sp³-hybridized carbons (Fsp3) is 0.333. The summed E-state index contributed by atoms with van der Waals surface area (Å²) in [5.41, 5.74) is 2.82. The maximum Gasteiger partial charge on any atom is 0.321 e. The van der Waals surface area contributed by atoms with Gasteiger partial charge in [0.05, 0.1) is 0 Å². The molecule has 0 saturated carbocycles. The molecule has 2 rings (SSSR count). The van der Waals surface area contributed by atoms with E-state index in [-0.39, 0.29) is 6.03 Å². The van der Waals surface area contributed by atoms with Gasteiger partial charge >= 0.3 is 6.03 Å². The molecule has 0 radical (unpaired) electrons. The lowest BCUT2D eigenvalue weighted by molar-refractivity contribution is 0.252. The Kier molecular flexibility index (Phi) is 5.20. The Bertz CT molecular complexity index is 597. The zero-order chi connectivity index (χ0) is 15.1. The number of unbranched alkanes of at least 4 members (excludes halogenated alkanes) is 1. The standard InChI is InChI=1S/C15H19N5O/c1-3-4-6-17-15(21)20-14-18-9-13(10-19-14)12-5-7-16-11(2)8-12/h5,7-10H,3-4,6H2,1-2H3,(H2,17,18,19,20,21). The van der Waals surface area contributed by atoms with Crippen LogP contribution in [0, 0.1) is 6.92 Å². The smallest absolute Gasteiger partial charge is 0.321 e. The third kappa shape index (κ3) is 4.52. The molecule has 0 aromatic carbocycles. The molecule has 0 bridgehead atoms.